The molecular weight excluding hydrogens is 400 g/mol. The van der Waals surface area contributed by atoms with E-state index in [1.165, 1.54) is 6.20 Å². The van der Waals surface area contributed by atoms with Gasteiger partial charge in [-0.05, 0) is 12.1 Å². The fourth-order valence-electron chi connectivity index (χ4n) is 2.16. The summed E-state index contributed by atoms with van der Waals surface area (Å²) < 4.78 is 15.9. The molecule has 0 fully saturated rings. The van der Waals surface area contributed by atoms with Crippen molar-refractivity contribution in [1.82, 2.24) is 4.98 Å². The maximum absolute atomic E-state index is 12.2. The summed E-state index contributed by atoms with van der Waals surface area (Å²) in [4.78, 5) is 16.0. The molecule has 0 bridgehead atoms. The predicted molar refractivity (Wildman–Crippen MR) is 90.1 cm³/mol. The Hall–Kier alpha value is -1.24. The second-order valence-corrected chi connectivity index (χ2v) is 6.42. The van der Waals surface area contributed by atoms with E-state index in [1.54, 1.807) is 12.1 Å². The van der Waals surface area contributed by atoms with Crippen LogP contribution in [-0.4, -0.2) is 17.7 Å². The molecule has 126 valence electrons. The van der Waals surface area contributed by atoms with E-state index >= 15 is 0 Å². The first-order valence-corrected chi connectivity index (χ1v) is 8.17. The summed E-state index contributed by atoms with van der Waals surface area (Å²) in [6.45, 7) is 0.423. The van der Waals surface area contributed by atoms with Gasteiger partial charge >= 0.3 is 5.97 Å². The van der Waals surface area contributed by atoms with Crippen molar-refractivity contribution in [2.45, 2.75) is 13.2 Å². The van der Waals surface area contributed by atoms with Gasteiger partial charge in [0.25, 0.3) is 0 Å². The zero-order chi connectivity index (χ0) is 17.3. The molecule has 0 atom stereocenters. The van der Waals surface area contributed by atoms with E-state index < -0.39 is 5.97 Å². The fourth-order valence-corrected chi connectivity index (χ4v) is 2.98. The minimum atomic E-state index is -0.737. The molecule has 0 spiro atoms. The van der Waals surface area contributed by atoms with Gasteiger partial charge in [0.05, 0.1) is 21.7 Å². The molecular formula is C15H9Cl4NO4. The van der Waals surface area contributed by atoms with Gasteiger partial charge in [-0.1, -0.05) is 46.4 Å². The molecule has 0 amide bonds. The average Bonchev–Trinajstić information content (AvgIpc) is 2.57. The smallest absolute Gasteiger partial charge is 0.358 e. The van der Waals surface area contributed by atoms with Crippen molar-refractivity contribution in [3.05, 3.63) is 55.2 Å². The van der Waals surface area contributed by atoms with Crippen molar-refractivity contribution >= 4 is 52.4 Å². The number of hydrogen-bond donors (Lipinski definition) is 0. The van der Waals surface area contributed by atoms with Gasteiger partial charge in [0.1, 0.15) is 12.4 Å². The summed E-state index contributed by atoms with van der Waals surface area (Å²) >= 11 is 23.7. The van der Waals surface area contributed by atoms with Crippen molar-refractivity contribution < 1.29 is 19.0 Å². The fraction of sp³-hybridized carbons (Fsp3) is 0.200. The number of pyridine rings is 1. The summed E-state index contributed by atoms with van der Waals surface area (Å²) in [5.41, 5.74) is 1.28. The molecule has 0 N–H and O–H groups in total. The molecule has 2 heterocycles. The number of benzene rings is 1. The molecule has 0 saturated carbocycles. The third-order valence-electron chi connectivity index (χ3n) is 3.22. The number of carbonyl (C=O) groups excluding carboxylic acids is 1. The number of halogens is 4. The highest BCUT2D eigenvalue weighted by atomic mass is 35.5. The van der Waals surface area contributed by atoms with E-state index in [2.05, 4.69) is 4.98 Å². The van der Waals surface area contributed by atoms with Crippen LogP contribution in [0, 0.1) is 0 Å². The van der Waals surface area contributed by atoms with Gasteiger partial charge in [0, 0.05) is 22.3 Å². The molecule has 1 aliphatic rings. The lowest BCUT2D eigenvalue weighted by molar-refractivity contribution is -0.0180. The minimum absolute atomic E-state index is 0.0425. The number of ether oxygens (including phenoxy) is 3. The molecule has 0 saturated heterocycles. The molecule has 2 aromatic rings. The molecule has 1 aromatic carbocycles. The number of aromatic nitrogens is 1. The molecule has 1 aliphatic heterocycles. The zero-order valence-corrected chi connectivity index (χ0v) is 15.0. The molecule has 3 rings (SSSR count). The molecule has 0 aliphatic carbocycles. The lowest BCUT2D eigenvalue weighted by Crippen LogP contribution is -2.15. The normalized spacial score (nSPS) is 13.2. The van der Waals surface area contributed by atoms with E-state index in [9.17, 15) is 4.79 Å². The van der Waals surface area contributed by atoms with Crippen molar-refractivity contribution in [2.24, 2.45) is 0 Å². The first-order valence-electron chi connectivity index (χ1n) is 6.66. The van der Waals surface area contributed by atoms with E-state index in [0.717, 1.165) is 5.56 Å². The summed E-state index contributed by atoms with van der Waals surface area (Å²) in [6.07, 6.45) is 1.23. The van der Waals surface area contributed by atoms with E-state index in [1.807, 2.05) is 0 Å². The van der Waals surface area contributed by atoms with Crippen LogP contribution >= 0.6 is 46.4 Å². The number of fused-ring (bicyclic) bond motifs is 1. The molecule has 0 unspecified atom stereocenters. The van der Waals surface area contributed by atoms with Gasteiger partial charge in [-0.15, -0.1) is 0 Å². The topological polar surface area (TPSA) is 57.7 Å². The summed E-state index contributed by atoms with van der Waals surface area (Å²) in [5.74, 6) is -0.147. The van der Waals surface area contributed by atoms with Crippen LogP contribution in [0.5, 0.6) is 5.75 Å². The van der Waals surface area contributed by atoms with Crippen LogP contribution < -0.4 is 4.74 Å². The number of esters is 1. The van der Waals surface area contributed by atoms with E-state index in [-0.39, 0.29) is 34.2 Å². The van der Waals surface area contributed by atoms with Gasteiger partial charge in [0.2, 0.25) is 0 Å². The summed E-state index contributed by atoms with van der Waals surface area (Å²) in [6, 6.07) is 3.39. The number of rotatable bonds is 3. The van der Waals surface area contributed by atoms with Crippen LogP contribution in [0.15, 0.2) is 18.3 Å². The number of carbonyl (C=O) groups is 1. The molecule has 0 radical (unpaired) electrons. The van der Waals surface area contributed by atoms with Crippen LogP contribution in [-0.2, 0) is 22.7 Å². The highest BCUT2D eigenvalue weighted by molar-refractivity contribution is 6.48. The summed E-state index contributed by atoms with van der Waals surface area (Å²) in [7, 11) is 0. The van der Waals surface area contributed by atoms with Crippen LogP contribution in [0.1, 0.15) is 21.6 Å². The van der Waals surface area contributed by atoms with Crippen molar-refractivity contribution in [3.63, 3.8) is 0 Å². The molecule has 5 nitrogen and oxygen atoms in total. The Kier molecular flexibility index (Phi) is 5.37. The molecule has 9 heteroatoms. The van der Waals surface area contributed by atoms with Crippen molar-refractivity contribution in [3.8, 4) is 5.75 Å². The lowest BCUT2D eigenvalue weighted by atomic mass is 10.1. The van der Waals surface area contributed by atoms with Gasteiger partial charge in [0.15, 0.2) is 12.5 Å². The average molecular weight is 409 g/mol. The third-order valence-corrected chi connectivity index (χ3v) is 4.68. The third kappa shape index (κ3) is 3.55. The van der Waals surface area contributed by atoms with Gasteiger partial charge in [-0.2, -0.15) is 0 Å². The predicted octanol–water partition coefficient (Wildman–Crippen LogP) is 4.92. The van der Waals surface area contributed by atoms with Gasteiger partial charge in [-0.3, -0.25) is 0 Å². The van der Waals surface area contributed by atoms with Crippen LogP contribution in [0.3, 0.4) is 0 Å². The quantitative estimate of drug-likeness (QED) is 0.674. The van der Waals surface area contributed by atoms with Gasteiger partial charge < -0.3 is 14.2 Å². The number of nitrogens with zero attached hydrogens (tertiary/aromatic N) is 1. The van der Waals surface area contributed by atoms with E-state index in [4.69, 9.17) is 60.6 Å². The SMILES string of the molecule is O=C(OCc1cc(Cl)cc2c1OCOC2)c1ncc(Cl)c(Cl)c1Cl. The van der Waals surface area contributed by atoms with Crippen molar-refractivity contribution in [1.29, 1.82) is 0 Å². The standard InChI is InChI=1S/C15H9Cl4NO4/c16-9-1-7-4-22-6-24-14(7)8(2-9)5-23-15(21)13-12(19)11(18)10(17)3-20-13/h1-3H,4-6H2. The highest BCUT2D eigenvalue weighted by Crippen LogP contribution is 2.33. The maximum atomic E-state index is 12.2. The second-order valence-electron chi connectivity index (χ2n) is 4.82. The Morgan fingerprint density at radius 3 is 2.79 bits per heavy atom. The molecule has 24 heavy (non-hydrogen) atoms. The lowest BCUT2D eigenvalue weighted by Gasteiger charge is -2.21. The Labute approximate surface area is 157 Å². The summed E-state index contributed by atoms with van der Waals surface area (Å²) in [5, 5.41) is 0.614. The molecule has 1 aromatic heterocycles. The first kappa shape index (κ1) is 17.6. The Bertz CT molecular complexity index is 813. The van der Waals surface area contributed by atoms with Crippen LogP contribution in [0.25, 0.3) is 0 Å². The highest BCUT2D eigenvalue weighted by Gasteiger charge is 2.21. The van der Waals surface area contributed by atoms with Crippen molar-refractivity contribution in [2.75, 3.05) is 6.79 Å². The number of hydrogen-bond acceptors (Lipinski definition) is 5. The first-order chi connectivity index (χ1) is 11.5. The zero-order valence-electron chi connectivity index (χ0n) is 11.9. The van der Waals surface area contributed by atoms with Gasteiger partial charge in [-0.25, -0.2) is 9.78 Å². The minimum Gasteiger partial charge on any atom is -0.467 e. The second kappa shape index (κ2) is 7.33. The Morgan fingerprint density at radius 1 is 1.21 bits per heavy atom. The Morgan fingerprint density at radius 2 is 2.00 bits per heavy atom. The van der Waals surface area contributed by atoms with Crippen LogP contribution in [0.4, 0.5) is 0 Å². The monoisotopic (exact) mass is 407 g/mol. The Balaban J connectivity index is 1.80. The van der Waals surface area contributed by atoms with Crippen LogP contribution in [0.2, 0.25) is 20.1 Å². The maximum Gasteiger partial charge on any atom is 0.358 e. The van der Waals surface area contributed by atoms with E-state index in [0.29, 0.717) is 22.9 Å². The largest absolute Gasteiger partial charge is 0.467 e.